The van der Waals surface area contributed by atoms with Gasteiger partial charge in [-0.25, -0.2) is 13.2 Å². The van der Waals surface area contributed by atoms with Crippen LogP contribution in [0.4, 0.5) is 5.69 Å². The van der Waals surface area contributed by atoms with Gasteiger partial charge in [0.2, 0.25) is 0 Å². The zero-order valence-corrected chi connectivity index (χ0v) is 11.5. The van der Waals surface area contributed by atoms with Gasteiger partial charge in [-0.1, -0.05) is 12.1 Å². The highest BCUT2D eigenvalue weighted by atomic mass is 32.2. The van der Waals surface area contributed by atoms with Crippen molar-refractivity contribution in [3.8, 4) is 6.07 Å². The Morgan fingerprint density at radius 3 is 2.65 bits per heavy atom. The minimum atomic E-state index is -4.01. The topological polar surface area (TPSA) is 107 Å². The number of carboxylic acids is 1. The van der Waals surface area contributed by atoms with Crippen molar-refractivity contribution in [1.29, 1.82) is 5.26 Å². The Morgan fingerprint density at radius 1 is 1.30 bits per heavy atom. The Hall–Kier alpha value is -2.37. The van der Waals surface area contributed by atoms with Gasteiger partial charge in [0.15, 0.2) is 0 Å². The first-order chi connectivity index (χ1) is 9.45. The molecule has 0 saturated carbocycles. The summed E-state index contributed by atoms with van der Waals surface area (Å²) in [5.74, 6) is -1.22. The van der Waals surface area contributed by atoms with Crippen LogP contribution in [0.15, 0.2) is 40.6 Å². The van der Waals surface area contributed by atoms with Crippen molar-refractivity contribution in [3.63, 3.8) is 0 Å². The molecule has 1 aromatic heterocycles. The number of benzene rings is 1. The van der Waals surface area contributed by atoms with Crippen molar-refractivity contribution >= 4 is 33.0 Å². The zero-order valence-electron chi connectivity index (χ0n) is 9.90. The van der Waals surface area contributed by atoms with Gasteiger partial charge in [0.1, 0.15) is 15.8 Å². The molecule has 20 heavy (non-hydrogen) atoms. The van der Waals surface area contributed by atoms with Crippen LogP contribution >= 0.6 is 11.3 Å². The second-order valence-corrected chi connectivity index (χ2v) is 6.25. The Morgan fingerprint density at radius 2 is 2.00 bits per heavy atom. The molecule has 0 unspecified atom stereocenters. The quantitative estimate of drug-likeness (QED) is 0.899. The van der Waals surface area contributed by atoms with Crippen LogP contribution in [0.5, 0.6) is 0 Å². The lowest BCUT2D eigenvalue weighted by Gasteiger charge is -2.08. The fourth-order valence-corrected chi connectivity index (χ4v) is 3.53. The second kappa shape index (κ2) is 5.32. The van der Waals surface area contributed by atoms with Gasteiger partial charge in [0, 0.05) is 0 Å². The Balaban J connectivity index is 2.45. The summed E-state index contributed by atoms with van der Waals surface area (Å²) in [6.45, 7) is 0. The number of anilines is 1. The number of hydrogen-bond donors (Lipinski definition) is 2. The average molecular weight is 308 g/mol. The molecular formula is C12H8N2O4S2. The lowest BCUT2D eigenvalue weighted by atomic mass is 10.2. The number of aromatic carboxylic acids is 1. The maximum atomic E-state index is 12.2. The summed E-state index contributed by atoms with van der Waals surface area (Å²) in [6.07, 6.45) is 0. The average Bonchev–Trinajstić information content (AvgIpc) is 2.86. The van der Waals surface area contributed by atoms with Crippen LogP contribution in [-0.4, -0.2) is 19.5 Å². The molecule has 1 aromatic carbocycles. The van der Waals surface area contributed by atoms with E-state index in [9.17, 15) is 13.2 Å². The maximum Gasteiger partial charge on any atom is 0.348 e. The number of nitrogens with zero attached hydrogens (tertiary/aromatic N) is 1. The SMILES string of the molecule is N#Cc1ccccc1S(=O)(=O)Nc1ccsc1C(=O)O. The molecule has 2 N–H and O–H groups in total. The Labute approximate surface area is 119 Å². The predicted molar refractivity (Wildman–Crippen MR) is 73.2 cm³/mol. The molecule has 2 rings (SSSR count). The Bertz CT molecular complexity index is 803. The van der Waals surface area contributed by atoms with Crippen molar-refractivity contribution in [2.75, 3.05) is 4.72 Å². The molecule has 8 heteroatoms. The van der Waals surface area contributed by atoms with Crippen LogP contribution in [0.1, 0.15) is 15.2 Å². The summed E-state index contributed by atoms with van der Waals surface area (Å²) < 4.78 is 26.6. The molecule has 0 aliphatic carbocycles. The monoisotopic (exact) mass is 308 g/mol. The van der Waals surface area contributed by atoms with Crippen LogP contribution in [-0.2, 0) is 10.0 Å². The number of carboxylic acid groups (broad SMARTS) is 1. The van der Waals surface area contributed by atoms with E-state index < -0.39 is 16.0 Å². The van der Waals surface area contributed by atoms with Crippen LogP contribution in [0.3, 0.4) is 0 Å². The highest BCUT2D eigenvalue weighted by Gasteiger charge is 2.21. The molecule has 0 saturated heterocycles. The van der Waals surface area contributed by atoms with E-state index in [-0.39, 0.29) is 21.0 Å². The predicted octanol–water partition coefficient (Wildman–Crippen LogP) is 2.12. The normalized spacial score (nSPS) is 10.8. The number of thiophene rings is 1. The van der Waals surface area contributed by atoms with E-state index in [1.54, 1.807) is 12.1 Å². The summed E-state index contributed by atoms with van der Waals surface area (Å²) in [7, 11) is -4.01. The van der Waals surface area contributed by atoms with E-state index in [0.717, 1.165) is 11.3 Å². The van der Waals surface area contributed by atoms with Crippen molar-refractivity contribution in [2.45, 2.75) is 4.90 Å². The number of nitrogens with one attached hydrogen (secondary N) is 1. The maximum absolute atomic E-state index is 12.2. The van der Waals surface area contributed by atoms with Crippen molar-refractivity contribution in [3.05, 3.63) is 46.2 Å². The number of rotatable bonds is 4. The summed E-state index contributed by atoms with van der Waals surface area (Å²) in [5, 5.41) is 19.3. The van der Waals surface area contributed by atoms with E-state index in [0.29, 0.717) is 0 Å². The molecule has 0 radical (unpaired) electrons. The lowest BCUT2D eigenvalue weighted by Crippen LogP contribution is -2.15. The van der Waals surface area contributed by atoms with Crippen molar-refractivity contribution in [1.82, 2.24) is 0 Å². The number of nitriles is 1. The van der Waals surface area contributed by atoms with Gasteiger partial charge < -0.3 is 5.11 Å². The molecule has 2 aromatic rings. The van der Waals surface area contributed by atoms with Crippen LogP contribution < -0.4 is 4.72 Å². The first kappa shape index (κ1) is 14.0. The number of carbonyl (C=O) groups is 1. The third-order valence-electron chi connectivity index (χ3n) is 2.40. The smallest absolute Gasteiger partial charge is 0.348 e. The van der Waals surface area contributed by atoms with E-state index in [2.05, 4.69) is 4.72 Å². The van der Waals surface area contributed by atoms with Gasteiger partial charge >= 0.3 is 5.97 Å². The molecule has 102 valence electrons. The van der Waals surface area contributed by atoms with E-state index in [1.807, 2.05) is 0 Å². The van der Waals surface area contributed by atoms with Gasteiger partial charge in [0.25, 0.3) is 10.0 Å². The summed E-state index contributed by atoms with van der Waals surface area (Å²) in [5.41, 5.74) is -0.0256. The van der Waals surface area contributed by atoms with Gasteiger partial charge in [-0.05, 0) is 23.6 Å². The lowest BCUT2D eigenvalue weighted by molar-refractivity contribution is 0.0703. The number of sulfonamides is 1. The molecule has 1 heterocycles. The van der Waals surface area contributed by atoms with Gasteiger partial charge in [-0.3, -0.25) is 4.72 Å². The number of hydrogen-bond acceptors (Lipinski definition) is 5. The van der Waals surface area contributed by atoms with Gasteiger partial charge in [0.05, 0.1) is 11.3 Å². The molecule has 0 spiro atoms. The molecule has 0 amide bonds. The molecular weight excluding hydrogens is 300 g/mol. The van der Waals surface area contributed by atoms with Crippen LogP contribution in [0.2, 0.25) is 0 Å². The molecule has 0 fully saturated rings. The summed E-state index contributed by atoms with van der Waals surface area (Å²) in [6, 6.07) is 8.84. The minimum absolute atomic E-state index is 0.00731. The third-order valence-corrected chi connectivity index (χ3v) is 4.73. The molecule has 0 bridgehead atoms. The molecule has 0 aliphatic rings. The van der Waals surface area contributed by atoms with Crippen LogP contribution in [0, 0.1) is 11.3 Å². The largest absolute Gasteiger partial charge is 0.477 e. The van der Waals surface area contributed by atoms with E-state index in [1.165, 1.54) is 29.6 Å². The fraction of sp³-hybridized carbons (Fsp3) is 0. The second-order valence-electron chi connectivity index (χ2n) is 3.68. The first-order valence-corrected chi connectivity index (χ1v) is 7.64. The molecule has 0 aliphatic heterocycles. The first-order valence-electron chi connectivity index (χ1n) is 5.28. The van der Waals surface area contributed by atoms with Crippen molar-refractivity contribution in [2.24, 2.45) is 0 Å². The molecule has 6 nitrogen and oxygen atoms in total. The summed E-state index contributed by atoms with van der Waals surface area (Å²) >= 11 is 0.912. The minimum Gasteiger partial charge on any atom is -0.477 e. The highest BCUT2D eigenvalue weighted by molar-refractivity contribution is 7.92. The third kappa shape index (κ3) is 2.64. The van der Waals surface area contributed by atoms with Crippen LogP contribution in [0.25, 0.3) is 0 Å². The van der Waals surface area contributed by atoms with E-state index in [4.69, 9.17) is 10.4 Å². The zero-order chi connectivity index (χ0) is 14.8. The highest BCUT2D eigenvalue weighted by Crippen LogP contribution is 2.26. The summed E-state index contributed by atoms with van der Waals surface area (Å²) in [4.78, 5) is 10.7. The van der Waals surface area contributed by atoms with E-state index >= 15 is 0 Å². The van der Waals surface area contributed by atoms with Gasteiger partial charge in [-0.15, -0.1) is 11.3 Å². The standard InChI is InChI=1S/C12H8N2O4S2/c13-7-8-3-1-2-4-10(8)20(17,18)14-9-5-6-19-11(9)12(15)16/h1-6,14H,(H,15,16). The van der Waals surface area contributed by atoms with Crippen molar-refractivity contribution < 1.29 is 18.3 Å². The van der Waals surface area contributed by atoms with Gasteiger partial charge in [-0.2, -0.15) is 5.26 Å². The fourth-order valence-electron chi connectivity index (χ4n) is 1.55. The Kier molecular flexibility index (Phi) is 3.74. The molecule has 0 atom stereocenters.